The third-order valence-corrected chi connectivity index (χ3v) is 3.85. The Morgan fingerprint density at radius 2 is 1.90 bits per heavy atom. The first-order chi connectivity index (χ1) is 9.52. The maximum absolute atomic E-state index is 2.32. The number of rotatable bonds is 4. The molecule has 0 amide bonds. The van der Waals surface area contributed by atoms with E-state index in [0.29, 0.717) is 5.92 Å². The Morgan fingerprint density at radius 1 is 1.15 bits per heavy atom. The summed E-state index contributed by atoms with van der Waals surface area (Å²) >= 11 is 0. The van der Waals surface area contributed by atoms with E-state index in [9.17, 15) is 0 Å². The fraction of sp³-hybridized carbons (Fsp3) is 0.421. The smallest absolute Gasteiger partial charge is 0.201 e. The van der Waals surface area contributed by atoms with E-state index in [1.54, 1.807) is 0 Å². The van der Waals surface area contributed by atoms with E-state index < -0.39 is 0 Å². The molecule has 0 saturated heterocycles. The molecule has 0 spiro atoms. The van der Waals surface area contributed by atoms with Crippen molar-refractivity contribution >= 4 is 0 Å². The Balaban J connectivity index is 2.56. The van der Waals surface area contributed by atoms with Crippen molar-refractivity contribution in [2.45, 2.75) is 40.5 Å². The average Bonchev–Trinajstić information content (AvgIpc) is 2.39. The molecule has 1 nitrogen and oxygen atoms in total. The van der Waals surface area contributed by atoms with Crippen LogP contribution in [0, 0.1) is 12.8 Å². The molecule has 0 fully saturated rings. The van der Waals surface area contributed by atoms with E-state index >= 15 is 0 Å². The summed E-state index contributed by atoms with van der Waals surface area (Å²) in [5.74, 6) is 0.673. The minimum absolute atomic E-state index is 0.673. The molecule has 1 aromatic carbocycles. The molecule has 0 unspecified atom stereocenters. The van der Waals surface area contributed by atoms with Gasteiger partial charge in [0.15, 0.2) is 6.20 Å². The molecule has 0 aliphatic rings. The number of pyridine rings is 1. The molecule has 0 aliphatic carbocycles. The van der Waals surface area contributed by atoms with Gasteiger partial charge in [-0.1, -0.05) is 32.9 Å². The average molecular weight is 268 g/mol. The van der Waals surface area contributed by atoms with Crippen LogP contribution >= 0.6 is 0 Å². The van der Waals surface area contributed by atoms with E-state index in [1.165, 1.54) is 27.9 Å². The largest absolute Gasteiger partial charge is 0.215 e. The van der Waals surface area contributed by atoms with Gasteiger partial charge in [0.25, 0.3) is 0 Å². The second-order valence-corrected chi connectivity index (χ2v) is 6.09. The van der Waals surface area contributed by atoms with Crippen LogP contribution in [0.4, 0.5) is 0 Å². The van der Waals surface area contributed by atoms with Crippen molar-refractivity contribution in [1.82, 2.24) is 0 Å². The quantitative estimate of drug-likeness (QED) is 0.730. The van der Waals surface area contributed by atoms with E-state index in [4.69, 9.17) is 0 Å². The van der Waals surface area contributed by atoms with Gasteiger partial charge in [0.2, 0.25) is 5.69 Å². The Labute approximate surface area is 123 Å². The molecule has 0 radical (unpaired) electrons. The lowest BCUT2D eigenvalue weighted by Crippen LogP contribution is -2.32. The van der Waals surface area contributed by atoms with Gasteiger partial charge in [-0.05, 0) is 48.9 Å². The maximum Gasteiger partial charge on any atom is 0.215 e. The van der Waals surface area contributed by atoms with E-state index in [2.05, 4.69) is 75.8 Å². The maximum atomic E-state index is 2.32. The molecular formula is C19H26N+. The van der Waals surface area contributed by atoms with Crippen molar-refractivity contribution in [3.63, 3.8) is 0 Å². The summed E-state index contributed by atoms with van der Waals surface area (Å²) in [4.78, 5) is 0. The van der Waals surface area contributed by atoms with Gasteiger partial charge in [-0.2, -0.15) is 0 Å². The second-order valence-electron chi connectivity index (χ2n) is 6.09. The first-order valence-electron chi connectivity index (χ1n) is 7.60. The molecule has 20 heavy (non-hydrogen) atoms. The van der Waals surface area contributed by atoms with Crippen molar-refractivity contribution in [3.05, 3.63) is 53.2 Å². The number of nitrogens with zero attached hydrogens (tertiary/aromatic N) is 1. The van der Waals surface area contributed by atoms with E-state index in [-0.39, 0.29) is 0 Å². The molecule has 0 bridgehead atoms. The molecule has 1 heteroatoms. The van der Waals surface area contributed by atoms with Crippen LogP contribution in [0.25, 0.3) is 11.3 Å². The topological polar surface area (TPSA) is 3.88 Å². The van der Waals surface area contributed by atoms with Gasteiger partial charge in [-0.3, -0.25) is 0 Å². The highest BCUT2D eigenvalue weighted by atomic mass is 14.9. The summed E-state index contributed by atoms with van der Waals surface area (Å²) in [6, 6.07) is 11.3. The first kappa shape index (κ1) is 14.8. The SMILES string of the molecule is CCc1ccc(-c2c(CC(C)C)ccc[n+]2C)c(C)c1. The van der Waals surface area contributed by atoms with Crippen LogP contribution in [0.5, 0.6) is 0 Å². The van der Waals surface area contributed by atoms with Crippen LogP contribution in [0.1, 0.15) is 37.5 Å². The zero-order valence-electron chi connectivity index (χ0n) is 13.4. The van der Waals surface area contributed by atoms with E-state index in [0.717, 1.165) is 12.8 Å². The zero-order valence-corrected chi connectivity index (χ0v) is 13.4. The molecule has 0 aliphatic heterocycles. The molecule has 1 aromatic heterocycles. The minimum Gasteiger partial charge on any atom is -0.201 e. The third-order valence-electron chi connectivity index (χ3n) is 3.85. The third kappa shape index (κ3) is 3.09. The molecule has 0 atom stereocenters. The summed E-state index contributed by atoms with van der Waals surface area (Å²) in [6.07, 6.45) is 4.37. The van der Waals surface area contributed by atoms with Crippen LogP contribution in [-0.4, -0.2) is 0 Å². The zero-order chi connectivity index (χ0) is 14.7. The first-order valence-corrected chi connectivity index (χ1v) is 7.60. The highest BCUT2D eigenvalue weighted by Gasteiger charge is 2.18. The predicted molar refractivity (Wildman–Crippen MR) is 85.7 cm³/mol. The number of hydrogen-bond donors (Lipinski definition) is 0. The normalized spacial score (nSPS) is 11.1. The molecule has 1 heterocycles. The number of hydrogen-bond acceptors (Lipinski definition) is 0. The second kappa shape index (κ2) is 6.21. The molecule has 2 aromatic rings. The summed E-state index contributed by atoms with van der Waals surface area (Å²) < 4.78 is 2.26. The van der Waals surface area contributed by atoms with Crippen molar-refractivity contribution < 1.29 is 4.57 Å². The lowest BCUT2D eigenvalue weighted by molar-refractivity contribution is -0.660. The monoisotopic (exact) mass is 268 g/mol. The Kier molecular flexibility index (Phi) is 4.59. The molecule has 0 N–H and O–H groups in total. The highest BCUT2D eigenvalue weighted by molar-refractivity contribution is 5.64. The van der Waals surface area contributed by atoms with Crippen molar-refractivity contribution in [3.8, 4) is 11.3 Å². The highest BCUT2D eigenvalue weighted by Crippen LogP contribution is 2.26. The Morgan fingerprint density at radius 3 is 2.50 bits per heavy atom. The Bertz CT molecular complexity index is 597. The molecular weight excluding hydrogens is 242 g/mol. The lowest BCUT2D eigenvalue weighted by Gasteiger charge is -2.12. The fourth-order valence-corrected chi connectivity index (χ4v) is 2.85. The van der Waals surface area contributed by atoms with Gasteiger partial charge in [-0.25, -0.2) is 4.57 Å². The fourth-order valence-electron chi connectivity index (χ4n) is 2.85. The van der Waals surface area contributed by atoms with Gasteiger partial charge in [0.1, 0.15) is 7.05 Å². The van der Waals surface area contributed by atoms with Gasteiger partial charge < -0.3 is 0 Å². The lowest BCUT2D eigenvalue weighted by atomic mass is 9.94. The predicted octanol–water partition coefficient (Wildman–Crippen LogP) is 4.25. The number of benzene rings is 1. The molecule has 106 valence electrons. The van der Waals surface area contributed by atoms with Crippen LogP contribution < -0.4 is 4.57 Å². The summed E-state index contributed by atoms with van der Waals surface area (Å²) in [5, 5.41) is 0. The van der Waals surface area contributed by atoms with Crippen LogP contribution in [0.15, 0.2) is 36.5 Å². The number of aromatic nitrogens is 1. The summed E-state index contributed by atoms with van der Waals surface area (Å²) in [6.45, 7) is 9.00. The van der Waals surface area contributed by atoms with Gasteiger partial charge >= 0.3 is 0 Å². The van der Waals surface area contributed by atoms with Crippen LogP contribution in [0.2, 0.25) is 0 Å². The summed E-state index contributed by atoms with van der Waals surface area (Å²) in [5.41, 5.74) is 6.95. The van der Waals surface area contributed by atoms with E-state index in [1.807, 2.05) is 0 Å². The standard InChI is InChI=1S/C19H26N/c1-6-16-9-10-18(15(4)13-16)19-17(12-14(2)3)8-7-11-20(19)5/h7-11,13-14H,6,12H2,1-5H3/q+1. The Hall–Kier alpha value is -1.63. The van der Waals surface area contributed by atoms with Crippen LogP contribution in [0.3, 0.4) is 0 Å². The minimum atomic E-state index is 0.673. The molecule has 0 saturated carbocycles. The van der Waals surface area contributed by atoms with Crippen molar-refractivity contribution in [2.75, 3.05) is 0 Å². The van der Waals surface area contributed by atoms with Crippen molar-refractivity contribution in [2.24, 2.45) is 13.0 Å². The van der Waals surface area contributed by atoms with Gasteiger partial charge in [-0.15, -0.1) is 0 Å². The molecule has 2 rings (SSSR count). The van der Waals surface area contributed by atoms with Gasteiger partial charge in [0.05, 0.1) is 0 Å². The van der Waals surface area contributed by atoms with Gasteiger partial charge in [0, 0.05) is 17.2 Å². The number of aryl methyl sites for hydroxylation is 3. The van der Waals surface area contributed by atoms with Crippen LogP contribution in [-0.2, 0) is 19.9 Å². The van der Waals surface area contributed by atoms with Crippen molar-refractivity contribution in [1.29, 1.82) is 0 Å². The summed E-state index contributed by atoms with van der Waals surface area (Å²) in [7, 11) is 2.15.